The maximum absolute atomic E-state index is 5.98. The molecule has 0 aliphatic carbocycles. The Morgan fingerprint density at radius 2 is 2.00 bits per heavy atom. The molecular weight excluding hydrogens is 313 g/mol. The monoisotopic (exact) mass is 321 g/mol. The van der Waals surface area contributed by atoms with E-state index in [9.17, 15) is 0 Å². The topological polar surface area (TPSA) is 37.8 Å². The van der Waals surface area contributed by atoms with Crippen LogP contribution < -0.4 is 5.32 Å². The van der Waals surface area contributed by atoms with Crippen molar-refractivity contribution in [1.29, 1.82) is 0 Å². The van der Waals surface area contributed by atoms with Gasteiger partial charge in [0.05, 0.1) is 15.7 Å². The molecule has 0 bridgehead atoms. The summed E-state index contributed by atoms with van der Waals surface area (Å²) in [7, 11) is 0. The highest BCUT2D eigenvalue weighted by atomic mass is 35.5. The van der Waals surface area contributed by atoms with Crippen LogP contribution in [0.4, 0.5) is 10.8 Å². The molecule has 0 amide bonds. The Balaban J connectivity index is 1.82. The van der Waals surface area contributed by atoms with Gasteiger partial charge >= 0.3 is 0 Å². The van der Waals surface area contributed by atoms with Gasteiger partial charge in [-0.15, -0.1) is 11.3 Å². The standard InChI is InChI=1S/C14H9Cl2N3S/c15-11-4-3-10(6-12(11)16)18-14-19-13(8-20-14)9-2-1-5-17-7-9/h1-8H,(H,18,19). The molecule has 3 nitrogen and oxygen atoms in total. The molecule has 0 unspecified atom stereocenters. The molecule has 2 aromatic heterocycles. The largest absolute Gasteiger partial charge is 0.331 e. The van der Waals surface area contributed by atoms with Gasteiger partial charge in [0.15, 0.2) is 5.13 Å². The van der Waals surface area contributed by atoms with E-state index in [0.29, 0.717) is 10.0 Å². The van der Waals surface area contributed by atoms with Crippen molar-refractivity contribution in [3.05, 3.63) is 58.2 Å². The Morgan fingerprint density at radius 3 is 2.75 bits per heavy atom. The molecule has 100 valence electrons. The minimum absolute atomic E-state index is 0.515. The molecule has 0 atom stereocenters. The van der Waals surface area contributed by atoms with Crippen LogP contribution in [0.25, 0.3) is 11.3 Å². The van der Waals surface area contributed by atoms with Gasteiger partial charge in [-0.3, -0.25) is 4.98 Å². The van der Waals surface area contributed by atoms with Gasteiger partial charge in [-0.2, -0.15) is 0 Å². The molecule has 1 N–H and O–H groups in total. The number of halogens is 2. The number of thiazole rings is 1. The van der Waals surface area contributed by atoms with Gasteiger partial charge in [0.2, 0.25) is 0 Å². The molecule has 6 heteroatoms. The van der Waals surface area contributed by atoms with Crippen molar-refractivity contribution in [3.8, 4) is 11.3 Å². The molecule has 1 aromatic carbocycles. The van der Waals surface area contributed by atoms with Gasteiger partial charge in [-0.25, -0.2) is 4.98 Å². The Kier molecular flexibility index (Phi) is 3.87. The van der Waals surface area contributed by atoms with E-state index in [0.717, 1.165) is 22.1 Å². The van der Waals surface area contributed by atoms with Crippen LogP contribution in [0.3, 0.4) is 0 Å². The second-order valence-corrected chi connectivity index (χ2v) is 5.71. The first kappa shape index (κ1) is 13.4. The number of rotatable bonds is 3. The number of pyridine rings is 1. The van der Waals surface area contributed by atoms with Gasteiger partial charge in [-0.1, -0.05) is 23.2 Å². The molecule has 20 heavy (non-hydrogen) atoms. The summed E-state index contributed by atoms with van der Waals surface area (Å²) in [5.41, 5.74) is 2.74. The van der Waals surface area contributed by atoms with E-state index in [-0.39, 0.29) is 0 Å². The first-order valence-corrected chi connectivity index (χ1v) is 7.44. The normalized spacial score (nSPS) is 10.5. The predicted molar refractivity (Wildman–Crippen MR) is 85.1 cm³/mol. The third kappa shape index (κ3) is 2.93. The summed E-state index contributed by atoms with van der Waals surface area (Å²) < 4.78 is 0. The summed E-state index contributed by atoms with van der Waals surface area (Å²) in [6, 6.07) is 9.25. The second kappa shape index (κ2) is 5.79. The van der Waals surface area contributed by atoms with Crippen LogP contribution >= 0.6 is 34.5 Å². The van der Waals surface area contributed by atoms with Crippen molar-refractivity contribution >= 4 is 45.4 Å². The SMILES string of the molecule is Clc1ccc(Nc2nc(-c3cccnc3)cs2)cc1Cl. The minimum Gasteiger partial charge on any atom is -0.331 e. The number of hydrogen-bond acceptors (Lipinski definition) is 4. The predicted octanol–water partition coefficient (Wildman–Crippen LogP) is 5.26. The molecule has 0 aliphatic rings. The average molecular weight is 322 g/mol. The van der Waals surface area contributed by atoms with Crippen LogP contribution in [0.15, 0.2) is 48.1 Å². The molecule has 0 saturated carbocycles. The fourth-order valence-corrected chi connectivity index (χ4v) is 2.71. The van der Waals surface area contributed by atoms with Gasteiger partial charge in [0, 0.05) is 29.0 Å². The minimum atomic E-state index is 0.515. The van der Waals surface area contributed by atoms with E-state index in [1.54, 1.807) is 24.5 Å². The van der Waals surface area contributed by atoms with Crippen LogP contribution in [0.1, 0.15) is 0 Å². The first-order valence-electron chi connectivity index (χ1n) is 5.80. The lowest BCUT2D eigenvalue weighted by molar-refractivity contribution is 1.30. The Morgan fingerprint density at radius 1 is 1.10 bits per heavy atom. The van der Waals surface area contributed by atoms with E-state index in [1.165, 1.54) is 11.3 Å². The van der Waals surface area contributed by atoms with Crippen LogP contribution in [0.5, 0.6) is 0 Å². The number of aromatic nitrogens is 2. The summed E-state index contributed by atoms with van der Waals surface area (Å²) in [5, 5.41) is 7.03. The Labute approximate surface area is 130 Å². The molecule has 3 aromatic rings. The zero-order valence-corrected chi connectivity index (χ0v) is 12.5. The molecule has 0 spiro atoms. The molecule has 0 aliphatic heterocycles. The van der Waals surface area contributed by atoms with Crippen LogP contribution in [-0.4, -0.2) is 9.97 Å². The fraction of sp³-hybridized carbons (Fsp3) is 0. The van der Waals surface area contributed by atoms with E-state index >= 15 is 0 Å². The zero-order valence-electron chi connectivity index (χ0n) is 10.2. The van der Waals surface area contributed by atoms with Gasteiger partial charge < -0.3 is 5.32 Å². The van der Waals surface area contributed by atoms with E-state index < -0.39 is 0 Å². The highest BCUT2D eigenvalue weighted by molar-refractivity contribution is 7.14. The maximum Gasteiger partial charge on any atom is 0.187 e. The zero-order chi connectivity index (χ0) is 13.9. The van der Waals surface area contributed by atoms with Crippen molar-refractivity contribution in [2.75, 3.05) is 5.32 Å². The van der Waals surface area contributed by atoms with E-state index in [1.807, 2.05) is 23.6 Å². The van der Waals surface area contributed by atoms with Crippen molar-refractivity contribution in [2.45, 2.75) is 0 Å². The van der Waals surface area contributed by atoms with E-state index in [2.05, 4.69) is 15.3 Å². The van der Waals surface area contributed by atoms with Crippen LogP contribution in [-0.2, 0) is 0 Å². The lowest BCUT2D eigenvalue weighted by atomic mass is 10.2. The second-order valence-electron chi connectivity index (χ2n) is 4.03. The number of nitrogens with one attached hydrogen (secondary N) is 1. The highest BCUT2D eigenvalue weighted by Gasteiger charge is 2.06. The fourth-order valence-electron chi connectivity index (χ4n) is 1.68. The van der Waals surface area contributed by atoms with Crippen LogP contribution in [0.2, 0.25) is 10.0 Å². The summed E-state index contributed by atoms with van der Waals surface area (Å²) >= 11 is 13.4. The first-order chi connectivity index (χ1) is 9.72. The molecule has 0 radical (unpaired) electrons. The third-order valence-corrected chi connectivity index (χ3v) is 4.13. The number of anilines is 2. The molecular formula is C14H9Cl2N3S. The maximum atomic E-state index is 5.98. The summed E-state index contributed by atoms with van der Waals surface area (Å²) in [4.78, 5) is 8.61. The lowest BCUT2D eigenvalue weighted by Crippen LogP contribution is -1.89. The molecule has 0 fully saturated rings. The van der Waals surface area contributed by atoms with Gasteiger partial charge in [0.25, 0.3) is 0 Å². The summed E-state index contributed by atoms with van der Waals surface area (Å²) in [6.07, 6.45) is 3.53. The quantitative estimate of drug-likeness (QED) is 0.715. The number of benzene rings is 1. The number of hydrogen-bond donors (Lipinski definition) is 1. The van der Waals surface area contributed by atoms with Crippen molar-refractivity contribution in [3.63, 3.8) is 0 Å². The summed E-state index contributed by atoms with van der Waals surface area (Å²) in [5.74, 6) is 0. The molecule has 3 rings (SSSR count). The van der Waals surface area contributed by atoms with Gasteiger partial charge in [-0.05, 0) is 30.3 Å². The average Bonchev–Trinajstić information content (AvgIpc) is 2.92. The Bertz CT molecular complexity index is 728. The van der Waals surface area contributed by atoms with Crippen molar-refractivity contribution in [1.82, 2.24) is 9.97 Å². The Hall–Kier alpha value is -1.62. The van der Waals surface area contributed by atoms with Gasteiger partial charge in [0.1, 0.15) is 0 Å². The lowest BCUT2D eigenvalue weighted by Gasteiger charge is -2.03. The third-order valence-electron chi connectivity index (χ3n) is 2.63. The van der Waals surface area contributed by atoms with Crippen LogP contribution in [0, 0.1) is 0 Å². The smallest absolute Gasteiger partial charge is 0.187 e. The molecule has 0 saturated heterocycles. The van der Waals surface area contributed by atoms with E-state index in [4.69, 9.17) is 23.2 Å². The number of nitrogens with zero attached hydrogens (tertiary/aromatic N) is 2. The van der Waals surface area contributed by atoms with Crippen molar-refractivity contribution in [2.24, 2.45) is 0 Å². The summed E-state index contributed by atoms with van der Waals surface area (Å²) in [6.45, 7) is 0. The van der Waals surface area contributed by atoms with Crippen molar-refractivity contribution < 1.29 is 0 Å². The highest BCUT2D eigenvalue weighted by Crippen LogP contribution is 2.29. The molecule has 2 heterocycles.